The standard InChI is InChI=1S/C31H42N4O6S3/c1-25-6-12-28(13-7-25)42(36,37)31(43(38,39)29-14-8-26(2)9-15-29)24-34-22-21-33-19-4-18-32-20-5-23-35(31)44(40,41)30-16-10-27(3)11-17-30/h6-17,32-34H,4-5,18-24H2,1-3H3. The molecule has 0 radical (unpaired) electrons. The first kappa shape index (κ1) is 34.2. The predicted molar refractivity (Wildman–Crippen MR) is 172 cm³/mol. The van der Waals surface area contributed by atoms with Crippen molar-refractivity contribution in [3.8, 4) is 0 Å². The van der Waals surface area contributed by atoms with Crippen molar-refractivity contribution in [2.75, 3.05) is 45.8 Å². The monoisotopic (exact) mass is 662 g/mol. The van der Waals surface area contributed by atoms with Crippen LogP contribution in [0, 0.1) is 20.8 Å². The van der Waals surface area contributed by atoms with E-state index in [0.29, 0.717) is 23.9 Å². The summed E-state index contributed by atoms with van der Waals surface area (Å²) < 4.78 is 87.2. The predicted octanol–water partition coefficient (Wildman–Crippen LogP) is 2.77. The van der Waals surface area contributed by atoms with Crippen molar-refractivity contribution in [3.05, 3.63) is 89.5 Å². The third-order valence-electron chi connectivity index (χ3n) is 7.74. The van der Waals surface area contributed by atoms with Gasteiger partial charge < -0.3 is 16.0 Å². The van der Waals surface area contributed by atoms with E-state index in [1.807, 2.05) is 0 Å². The lowest BCUT2D eigenvalue weighted by Gasteiger charge is -2.41. The molecular weight excluding hydrogens is 621 g/mol. The fraction of sp³-hybridized carbons (Fsp3) is 0.419. The Morgan fingerprint density at radius 1 is 0.523 bits per heavy atom. The Bertz CT molecular complexity index is 1650. The third-order valence-corrected chi connectivity index (χ3v) is 15.4. The average Bonchev–Trinajstić information content (AvgIpc) is 2.98. The fourth-order valence-electron chi connectivity index (χ4n) is 5.16. The molecule has 4 rings (SSSR count). The number of hydrogen-bond donors (Lipinski definition) is 3. The molecule has 0 spiro atoms. The van der Waals surface area contributed by atoms with Crippen LogP contribution in [-0.4, -0.2) is 79.6 Å². The van der Waals surface area contributed by atoms with Crippen LogP contribution >= 0.6 is 0 Å². The molecule has 1 aliphatic rings. The number of aryl methyl sites for hydroxylation is 3. The summed E-state index contributed by atoms with van der Waals surface area (Å²) in [6.07, 6.45) is 1.02. The quantitative estimate of drug-likeness (QED) is 0.363. The van der Waals surface area contributed by atoms with Gasteiger partial charge in [-0.05, 0) is 89.6 Å². The molecular formula is C31H42N4O6S3. The molecule has 0 amide bonds. The summed E-state index contributed by atoms with van der Waals surface area (Å²) in [6.45, 7) is 6.69. The minimum absolute atomic E-state index is 0.174. The number of benzene rings is 3. The van der Waals surface area contributed by atoms with Crippen LogP contribution in [0.3, 0.4) is 0 Å². The molecule has 1 aliphatic heterocycles. The molecule has 0 atom stereocenters. The molecule has 1 saturated heterocycles. The largest absolute Gasteiger partial charge is 0.317 e. The van der Waals surface area contributed by atoms with Gasteiger partial charge in [0.25, 0.3) is 4.20 Å². The summed E-state index contributed by atoms with van der Waals surface area (Å²) in [5.74, 6) is 0. The molecule has 13 heteroatoms. The van der Waals surface area contributed by atoms with Crippen molar-refractivity contribution < 1.29 is 25.3 Å². The maximum Gasteiger partial charge on any atom is 0.260 e. The molecule has 3 aromatic carbocycles. The first-order chi connectivity index (χ1) is 20.8. The fourth-order valence-corrected chi connectivity index (χ4v) is 12.6. The van der Waals surface area contributed by atoms with Crippen LogP contribution in [0.15, 0.2) is 87.5 Å². The molecule has 3 N–H and O–H groups in total. The molecule has 0 bridgehead atoms. The van der Waals surface area contributed by atoms with Gasteiger partial charge in [-0.25, -0.2) is 25.3 Å². The minimum Gasteiger partial charge on any atom is -0.317 e. The highest BCUT2D eigenvalue weighted by atomic mass is 32.3. The van der Waals surface area contributed by atoms with Crippen molar-refractivity contribution in [2.24, 2.45) is 0 Å². The SMILES string of the molecule is Cc1ccc(S(=O)(=O)N2CCCNCCCNCCNCC2(S(=O)(=O)c2ccc(C)cc2)S(=O)(=O)c2ccc(C)cc2)cc1. The summed E-state index contributed by atoms with van der Waals surface area (Å²) in [6, 6.07) is 17.6. The minimum atomic E-state index is -4.95. The lowest BCUT2D eigenvalue weighted by Crippen LogP contribution is -2.66. The summed E-state index contributed by atoms with van der Waals surface area (Å²) in [5, 5.41) is 9.55. The van der Waals surface area contributed by atoms with Gasteiger partial charge in [-0.2, -0.15) is 4.31 Å². The van der Waals surface area contributed by atoms with E-state index in [1.54, 1.807) is 57.2 Å². The Morgan fingerprint density at radius 2 is 0.909 bits per heavy atom. The molecule has 0 saturated carbocycles. The molecule has 1 fully saturated rings. The normalized spacial score (nSPS) is 18.3. The number of sulfone groups is 2. The van der Waals surface area contributed by atoms with Crippen LogP contribution in [-0.2, 0) is 29.7 Å². The van der Waals surface area contributed by atoms with Gasteiger partial charge in [0.15, 0.2) is 0 Å². The zero-order valence-corrected chi connectivity index (χ0v) is 27.9. The second-order valence-corrected chi connectivity index (χ2v) is 17.5. The van der Waals surface area contributed by atoms with Crippen LogP contribution in [0.2, 0.25) is 0 Å². The Kier molecular flexibility index (Phi) is 11.0. The second kappa shape index (κ2) is 14.2. The Morgan fingerprint density at radius 3 is 1.39 bits per heavy atom. The summed E-state index contributed by atoms with van der Waals surface area (Å²) in [7, 11) is -14.6. The first-order valence-electron chi connectivity index (χ1n) is 14.7. The third kappa shape index (κ3) is 6.94. The first-order valence-corrected chi connectivity index (χ1v) is 19.1. The van der Waals surface area contributed by atoms with Crippen molar-refractivity contribution in [2.45, 2.75) is 52.5 Å². The lowest BCUT2D eigenvalue weighted by atomic mass is 10.2. The van der Waals surface area contributed by atoms with Crippen LogP contribution in [0.1, 0.15) is 29.5 Å². The average molecular weight is 663 g/mol. The second-order valence-electron chi connectivity index (χ2n) is 11.1. The lowest BCUT2D eigenvalue weighted by molar-refractivity contribution is 0.317. The highest BCUT2D eigenvalue weighted by Gasteiger charge is 2.63. The number of rotatable bonds is 6. The molecule has 240 valence electrons. The molecule has 0 aliphatic carbocycles. The van der Waals surface area contributed by atoms with Crippen molar-refractivity contribution in [3.63, 3.8) is 0 Å². The van der Waals surface area contributed by atoms with Gasteiger partial charge in [0, 0.05) is 26.2 Å². The van der Waals surface area contributed by atoms with E-state index in [9.17, 15) is 8.42 Å². The van der Waals surface area contributed by atoms with E-state index >= 15 is 16.8 Å². The smallest absolute Gasteiger partial charge is 0.260 e. The molecule has 0 aromatic heterocycles. The number of nitrogens with one attached hydrogen (secondary N) is 3. The van der Waals surface area contributed by atoms with E-state index in [2.05, 4.69) is 16.0 Å². The molecule has 1 heterocycles. The van der Waals surface area contributed by atoms with E-state index < -0.39 is 40.4 Å². The van der Waals surface area contributed by atoms with E-state index in [4.69, 9.17) is 0 Å². The topological polar surface area (TPSA) is 142 Å². The Labute approximate surface area is 262 Å². The van der Waals surface area contributed by atoms with Crippen LogP contribution in [0.5, 0.6) is 0 Å². The summed E-state index contributed by atoms with van der Waals surface area (Å²) >= 11 is 0. The zero-order chi connectivity index (χ0) is 32.0. The molecule has 0 unspecified atom stereocenters. The van der Waals surface area contributed by atoms with Gasteiger partial charge >= 0.3 is 0 Å². The maximum atomic E-state index is 15.0. The number of sulfonamides is 1. The number of hydrogen-bond acceptors (Lipinski definition) is 9. The van der Waals surface area contributed by atoms with E-state index in [1.165, 1.54) is 36.4 Å². The van der Waals surface area contributed by atoms with Crippen molar-refractivity contribution in [1.29, 1.82) is 0 Å². The molecule has 10 nitrogen and oxygen atoms in total. The highest BCUT2D eigenvalue weighted by molar-refractivity contribution is 8.11. The van der Waals surface area contributed by atoms with Crippen LogP contribution < -0.4 is 16.0 Å². The van der Waals surface area contributed by atoms with Crippen LogP contribution in [0.4, 0.5) is 0 Å². The Hall–Kier alpha value is -2.65. The molecule has 44 heavy (non-hydrogen) atoms. The van der Waals surface area contributed by atoms with Gasteiger partial charge in [0.2, 0.25) is 29.7 Å². The van der Waals surface area contributed by atoms with E-state index in [0.717, 1.165) is 29.7 Å². The van der Waals surface area contributed by atoms with Gasteiger partial charge in [-0.15, -0.1) is 0 Å². The maximum absolute atomic E-state index is 15.0. The van der Waals surface area contributed by atoms with Crippen molar-refractivity contribution >= 4 is 29.7 Å². The van der Waals surface area contributed by atoms with Crippen molar-refractivity contribution in [1.82, 2.24) is 20.3 Å². The van der Waals surface area contributed by atoms with E-state index in [-0.39, 0.29) is 34.2 Å². The van der Waals surface area contributed by atoms with Gasteiger partial charge in [0.05, 0.1) is 14.7 Å². The molecule has 3 aromatic rings. The van der Waals surface area contributed by atoms with Crippen LogP contribution in [0.25, 0.3) is 0 Å². The number of nitrogens with zero attached hydrogens (tertiary/aromatic N) is 1. The van der Waals surface area contributed by atoms with Gasteiger partial charge in [-0.1, -0.05) is 53.1 Å². The highest BCUT2D eigenvalue weighted by Crippen LogP contribution is 2.42. The Balaban J connectivity index is 2.08. The summed E-state index contributed by atoms with van der Waals surface area (Å²) in [5.41, 5.74) is 2.34. The zero-order valence-electron chi connectivity index (χ0n) is 25.4. The van der Waals surface area contributed by atoms with Gasteiger partial charge in [-0.3, -0.25) is 0 Å². The summed E-state index contributed by atoms with van der Waals surface area (Å²) in [4.78, 5) is -0.773. The van der Waals surface area contributed by atoms with Gasteiger partial charge in [0.1, 0.15) is 0 Å².